The van der Waals surface area contributed by atoms with Crippen molar-refractivity contribution in [2.45, 2.75) is 52.0 Å². The quantitative estimate of drug-likeness (QED) is 0.799. The molecule has 0 spiro atoms. The second-order valence-electron chi connectivity index (χ2n) is 4.86. The lowest BCUT2D eigenvalue weighted by atomic mass is 10.2. The summed E-state index contributed by atoms with van der Waals surface area (Å²) in [5.41, 5.74) is 0. The van der Waals surface area contributed by atoms with Crippen molar-refractivity contribution in [1.82, 2.24) is 15.5 Å². The summed E-state index contributed by atoms with van der Waals surface area (Å²) in [4.78, 5) is 25.4. The summed E-state index contributed by atoms with van der Waals surface area (Å²) >= 11 is 0. The van der Waals surface area contributed by atoms with Crippen LogP contribution in [-0.4, -0.2) is 42.5 Å². The van der Waals surface area contributed by atoms with E-state index in [1.165, 1.54) is 12.8 Å². The standard InChI is InChI=1S/C13H25N3O2/c1-3-8-14-12(17)11(2)15-13(18)16-9-6-4-5-7-10-16/h11H,3-10H2,1-2H3,(H,14,17)(H,15,18). The van der Waals surface area contributed by atoms with Gasteiger partial charge in [-0.3, -0.25) is 4.79 Å². The van der Waals surface area contributed by atoms with E-state index in [0.29, 0.717) is 6.54 Å². The summed E-state index contributed by atoms with van der Waals surface area (Å²) < 4.78 is 0. The lowest BCUT2D eigenvalue weighted by Crippen LogP contribution is -2.50. The minimum atomic E-state index is -0.465. The molecule has 0 aromatic heterocycles. The van der Waals surface area contributed by atoms with Crippen LogP contribution in [0.15, 0.2) is 0 Å². The van der Waals surface area contributed by atoms with Gasteiger partial charge in [0.2, 0.25) is 5.91 Å². The van der Waals surface area contributed by atoms with Gasteiger partial charge in [0.25, 0.3) is 0 Å². The number of likely N-dealkylation sites (tertiary alicyclic amines) is 1. The van der Waals surface area contributed by atoms with Crippen molar-refractivity contribution in [2.75, 3.05) is 19.6 Å². The third-order valence-electron chi connectivity index (χ3n) is 3.18. The largest absolute Gasteiger partial charge is 0.354 e. The van der Waals surface area contributed by atoms with Crippen LogP contribution in [0.2, 0.25) is 0 Å². The van der Waals surface area contributed by atoms with Gasteiger partial charge in [0.15, 0.2) is 0 Å². The molecule has 5 nitrogen and oxygen atoms in total. The Kier molecular flexibility index (Phi) is 6.54. The molecule has 0 aliphatic carbocycles. The highest BCUT2D eigenvalue weighted by molar-refractivity contribution is 5.86. The van der Waals surface area contributed by atoms with Gasteiger partial charge >= 0.3 is 6.03 Å². The first kappa shape index (κ1) is 14.8. The molecule has 1 rings (SSSR count). The second-order valence-corrected chi connectivity index (χ2v) is 4.86. The van der Waals surface area contributed by atoms with Gasteiger partial charge in [0, 0.05) is 19.6 Å². The van der Waals surface area contributed by atoms with Crippen molar-refractivity contribution < 1.29 is 9.59 Å². The molecule has 5 heteroatoms. The van der Waals surface area contributed by atoms with E-state index in [-0.39, 0.29) is 11.9 Å². The molecule has 1 atom stereocenters. The lowest BCUT2D eigenvalue weighted by molar-refractivity contribution is -0.122. The summed E-state index contributed by atoms with van der Waals surface area (Å²) in [5, 5.41) is 5.54. The first-order chi connectivity index (χ1) is 8.65. The number of carbonyl (C=O) groups excluding carboxylic acids is 2. The minimum Gasteiger partial charge on any atom is -0.354 e. The number of rotatable bonds is 4. The molecule has 1 aliphatic rings. The van der Waals surface area contributed by atoms with Gasteiger partial charge in [-0.25, -0.2) is 4.79 Å². The Morgan fingerprint density at radius 2 is 1.78 bits per heavy atom. The molecule has 1 fully saturated rings. The molecule has 0 saturated carbocycles. The Morgan fingerprint density at radius 3 is 2.33 bits per heavy atom. The van der Waals surface area contributed by atoms with Crippen LogP contribution in [-0.2, 0) is 4.79 Å². The fourth-order valence-electron chi connectivity index (χ4n) is 2.02. The Bertz CT molecular complexity index is 273. The topological polar surface area (TPSA) is 61.4 Å². The van der Waals surface area contributed by atoms with E-state index in [9.17, 15) is 9.59 Å². The fourth-order valence-corrected chi connectivity index (χ4v) is 2.02. The molecule has 2 N–H and O–H groups in total. The number of nitrogens with one attached hydrogen (secondary N) is 2. The average Bonchev–Trinajstić information content (AvgIpc) is 2.64. The van der Waals surface area contributed by atoms with Gasteiger partial charge < -0.3 is 15.5 Å². The summed E-state index contributed by atoms with van der Waals surface area (Å²) in [6.45, 7) is 5.98. The maximum absolute atomic E-state index is 12.0. The number of amides is 3. The highest BCUT2D eigenvalue weighted by Gasteiger charge is 2.20. The number of hydrogen-bond acceptors (Lipinski definition) is 2. The molecule has 1 unspecified atom stereocenters. The van der Waals surface area contributed by atoms with E-state index in [4.69, 9.17) is 0 Å². The molecule has 1 heterocycles. The van der Waals surface area contributed by atoms with Crippen LogP contribution in [0.5, 0.6) is 0 Å². The predicted molar refractivity (Wildman–Crippen MR) is 71.3 cm³/mol. The van der Waals surface area contributed by atoms with E-state index in [1.54, 1.807) is 6.92 Å². The zero-order chi connectivity index (χ0) is 13.4. The molecule has 1 saturated heterocycles. The van der Waals surface area contributed by atoms with E-state index >= 15 is 0 Å². The third-order valence-corrected chi connectivity index (χ3v) is 3.18. The van der Waals surface area contributed by atoms with Crippen molar-refractivity contribution in [2.24, 2.45) is 0 Å². The molecule has 0 bridgehead atoms. The normalized spacial score (nSPS) is 17.8. The zero-order valence-corrected chi connectivity index (χ0v) is 11.5. The van der Waals surface area contributed by atoms with Crippen LogP contribution in [0.3, 0.4) is 0 Å². The van der Waals surface area contributed by atoms with Gasteiger partial charge in [0.05, 0.1) is 0 Å². The van der Waals surface area contributed by atoms with Crippen molar-refractivity contribution in [3.63, 3.8) is 0 Å². The number of carbonyl (C=O) groups is 2. The Labute approximate surface area is 109 Å². The highest BCUT2D eigenvalue weighted by Crippen LogP contribution is 2.09. The monoisotopic (exact) mass is 255 g/mol. The van der Waals surface area contributed by atoms with Crippen molar-refractivity contribution in [1.29, 1.82) is 0 Å². The molecule has 18 heavy (non-hydrogen) atoms. The smallest absolute Gasteiger partial charge is 0.318 e. The highest BCUT2D eigenvalue weighted by atomic mass is 16.2. The van der Waals surface area contributed by atoms with E-state index < -0.39 is 6.04 Å². The van der Waals surface area contributed by atoms with Crippen LogP contribution in [0, 0.1) is 0 Å². The van der Waals surface area contributed by atoms with Crippen LogP contribution < -0.4 is 10.6 Å². The maximum atomic E-state index is 12.0. The first-order valence-electron chi connectivity index (χ1n) is 6.98. The first-order valence-corrected chi connectivity index (χ1v) is 6.98. The second kappa shape index (κ2) is 7.95. The van der Waals surface area contributed by atoms with Gasteiger partial charge in [-0.15, -0.1) is 0 Å². The maximum Gasteiger partial charge on any atom is 0.318 e. The molecular formula is C13H25N3O2. The number of urea groups is 1. The summed E-state index contributed by atoms with van der Waals surface area (Å²) in [6, 6.07) is -0.580. The Balaban J connectivity index is 2.35. The number of nitrogens with zero attached hydrogens (tertiary/aromatic N) is 1. The number of hydrogen-bond donors (Lipinski definition) is 2. The van der Waals surface area contributed by atoms with E-state index in [1.807, 2.05) is 11.8 Å². The van der Waals surface area contributed by atoms with Crippen LogP contribution >= 0.6 is 0 Å². The van der Waals surface area contributed by atoms with Crippen LogP contribution in [0.25, 0.3) is 0 Å². The molecule has 0 radical (unpaired) electrons. The summed E-state index contributed by atoms with van der Waals surface area (Å²) in [6.07, 6.45) is 5.40. The molecule has 0 aromatic carbocycles. The van der Waals surface area contributed by atoms with Gasteiger partial charge in [0.1, 0.15) is 6.04 Å². The van der Waals surface area contributed by atoms with Gasteiger partial charge in [-0.05, 0) is 26.2 Å². The SMILES string of the molecule is CCCNC(=O)C(C)NC(=O)N1CCCCCC1. The Hall–Kier alpha value is -1.26. The Morgan fingerprint density at radius 1 is 1.17 bits per heavy atom. The van der Waals surface area contributed by atoms with Crippen LogP contribution in [0.1, 0.15) is 46.0 Å². The average molecular weight is 255 g/mol. The fraction of sp³-hybridized carbons (Fsp3) is 0.846. The van der Waals surface area contributed by atoms with Crippen LogP contribution in [0.4, 0.5) is 4.79 Å². The lowest BCUT2D eigenvalue weighted by Gasteiger charge is -2.23. The third kappa shape index (κ3) is 4.94. The molecule has 3 amide bonds. The van der Waals surface area contributed by atoms with E-state index in [0.717, 1.165) is 32.4 Å². The zero-order valence-electron chi connectivity index (χ0n) is 11.5. The van der Waals surface area contributed by atoms with Gasteiger partial charge in [-0.1, -0.05) is 19.8 Å². The van der Waals surface area contributed by atoms with Crippen molar-refractivity contribution in [3.05, 3.63) is 0 Å². The molecule has 0 aromatic rings. The summed E-state index contributed by atoms with van der Waals surface area (Å²) in [7, 11) is 0. The predicted octanol–water partition coefficient (Wildman–Crippen LogP) is 1.49. The molecular weight excluding hydrogens is 230 g/mol. The van der Waals surface area contributed by atoms with Gasteiger partial charge in [-0.2, -0.15) is 0 Å². The molecule has 104 valence electrons. The molecule has 1 aliphatic heterocycles. The van der Waals surface area contributed by atoms with Crippen molar-refractivity contribution >= 4 is 11.9 Å². The minimum absolute atomic E-state index is 0.111. The van der Waals surface area contributed by atoms with Crippen molar-refractivity contribution in [3.8, 4) is 0 Å². The van der Waals surface area contributed by atoms with E-state index in [2.05, 4.69) is 10.6 Å². The summed E-state index contributed by atoms with van der Waals surface area (Å²) in [5.74, 6) is -0.111.